The second-order valence-corrected chi connectivity index (χ2v) is 6.37. The highest BCUT2D eigenvalue weighted by atomic mass is 16.5. The van der Waals surface area contributed by atoms with Gasteiger partial charge in [-0.25, -0.2) is 9.78 Å². The highest BCUT2D eigenvalue weighted by Crippen LogP contribution is 2.17. The molecular weight excluding hydrogens is 346 g/mol. The number of pyridine rings is 1. The van der Waals surface area contributed by atoms with E-state index in [9.17, 15) is 14.4 Å². The smallest absolute Gasteiger partial charge is 0.331 e. The quantitative estimate of drug-likeness (QED) is 0.639. The number of nitrogens with zero attached hydrogens (tertiary/aromatic N) is 2. The summed E-state index contributed by atoms with van der Waals surface area (Å²) in [5, 5.41) is 1.01. The van der Waals surface area contributed by atoms with Gasteiger partial charge in [-0.15, -0.1) is 0 Å². The van der Waals surface area contributed by atoms with Crippen LogP contribution >= 0.6 is 0 Å². The number of amides is 2. The van der Waals surface area contributed by atoms with Gasteiger partial charge in [-0.3, -0.25) is 9.59 Å². The third-order valence-electron chi connectivity index (χ3n) is 4.50. The Morgan fingerprint density at radius 3 is 2.81 bits per heavy atom. The van der Waals surface area contributed by atoms with E-state index in [2.05, 4.69) is 4.98 Å². The zero-order valence-corrected chi connectivity index (χ0v) is 14.8. The van der Waals surface area contributed by atoms with Crippen molar-refractivity contribution >= 4 is 34.8 Å². The van der Waals surface area contributed by atoms with Crippen molar-refractivity contribution in [1.29, 1.82) is 0 Å². The van der Waals surface area contributed by atoms with Crippen LogP contribution in [-0.2, 0) is 19.1 Å². The first-order valence-electron chi connectivity index (χ1n) is 8.84. The minimum absolute atomic E-state index is 0.413. The maximum Gasteiger partial charge on any atom is 0.331 e. The van der Waals surface area contributed by atoms with Crippen LogP contribution in [0.15, 0.2) is 42.5 Å². The van der Waals surface area contributed by atoms with Crippen molar-refractivity contribution in [3.63, 3.8) is 0 Å². The number of likely N-dealkylation sites (tertiary alicyclic amines) is 1. The van der Waals surface area contributed by atoms with Crippen molar-refractivity contribution < 1.29 is 19.1 Å². The largest absolute Gasteiger partial charge is 0.452 e. The zero-order chi connectivity index (χ0) is 19.2. The number of hydrogen-bond acceptors (Lipinski definition) is 5. The molecular formula is C20H21N3O4. The van der Waals surface area contributed by atoms with E-state index in [1.807, 2.05) is 30.3 Å². The van der Waals surface area contributed by atoms with Crippen molar-refractivity contribution in [2.45, 2.75) is 25.3 Å². The van der Waals surface area contributed by atoms with Gasteiger partial charge in [0.15, 0.2) is 6.61 Å². The number of carbonyl (C=O) groups excluding carboxylic acids is 3. The molecule has 3 rings (SSSR count). The van der Waals surface area contributed by atoms with Crippen molar-refractivity contribution in [3.8, 4) is 0 Å². The minimum atomic E-state index is -0.647. The van der Waals surface area contributed by atoms with E-state index < -0.39 is 30.4 Å². The zero-order valence-electron chi connectivity index (χ0n) is 14.8. The molecule has 1 fully saturated rings. The summed E-state index contributed by atoms with van der Waals surface area (Å²) in [5.41, 5.74) is 6.78. The lowest BCUT2D eigenvalue weighted by atomic mass is 10.0. The lowest BCUT2D eigenvalue weighted by Crippen LogP contribution is -2.51. The standard InChI is InChI=1S/C20H21N3O4/c21-20(26)17-7-3-4-12-23(17)18(24)13-27-19(25)11-10-15-9-8-14-5-1-2-6-16(14)22-15/h1-2,5-6,8-11,17H,3-4,7,12-13H2,(H2,21,26)/b11-10+/t17-/m1/s1. The molecule has 1 aromatic carbocycles. The third-order valence-corrected chi connectivity index (χ3v) is 4.50. The second kappa shape index (κ2) is 8.44. The van der Waals surface area contributed by atoms with Crippen LogP contribution in [0.5, 0.6) is 0 Å². The molecule has 0 aliphatic carbocycles. The van der Waals surface area contributed by atoms with E-state index in [-0.39, 0.29) is 0 Å². The first-order valence-corrected chi connectivity index (χ1v) is 8.84. The number of nitrogens with two attached hydrogens (primary N) is 1. The maximum atomic E-state index is 12.2. The fourth-order valence-electron chi connectivity index (χ4n) is 3.12. The number of aromatic nitrogens is 1. The first kappa shape index (κ1) is 18.6. The molecule has 7 nitrogen and oxygen atoms in total. The molecule has 1 aliphatic heterocycles. The molecule has 0 spiro atoms. The highest BCUT2D eigenvalue weighted by molar-refractivity contribution is 5.91. The summed E-state index contributed by atoms with van der Waals surface area (Å²) in [4.78, 5) is 41.4. The topological polar surface area (TPSA) is 103 Å². The van der Waals surface area contributed by atoms with Crippen molar-refractivity contribution in [1.82, 2.24) is 9.88 Å². The van der Waals surface area contributed by atoms with E-state index in [1.54, 1.807) is 6.07 Å². The van der Waals surface area contributed by atoms with Gasteiger partial charge in [-0.2, -0.15) is 0 Å². The van der Waals surface area contributed by atoms with Crippen LogP contribution < -0.4 is 5.73 Å². The average molecular weight is 367 g/mol. The normalized spacial score (nSPS) is 17.2. The van der Waals surface area contributed by atoms with Gasteiger partial charge >= 0.3 is 5.97 Å². The molecule has 7 heteroatoms. The van der Waals surface area contributed by atoms with E-state index >= 15 is 0 Å². The van der Waals surface area contributed by atoms with Crippen molar-refractivity contribution in [3.05, 3.63) is 48.2 Å². The molecule has 2 N–H and O–H groups in total. The molecule has 2 amide bonds. The number of para-hydroxylation sites is 1. The molecule has 140 valence electrons. The van der Waals surface area contributed by atoms with Crippen molar-refractivity contribution in [2.24, 2.45) is 5.73 Å². The SMILES string of the molecule is NC(=O)[C@H]1CCCCN1C(=O)COC(=O)/C=C/c1ccc2ccccc2n1. The number of ether oxygens (including phenoxy) is 1. The van der Waals surface area contributed by atoms with E-state index in [0.717, 1.165) is 23.7 Å². The lowest BCUT2D eigenvalue weighted by molar-refractivity contribution is -0.151. The van der Waals surface area contributed by atoms with Crippen LogP contribution in [0, 0.1) is 0 Å². The Morgan fingerprint density at radius 1 is 1.19 bits per heavy atom. The number of piperidine rings is 1. The average Bonchev–Trinajstić information content (AvgIpc) is 2.70. The van der Waals surface area contributed by atoms with E-state index in [0.29, 0.717) is 18.7 Å². The van der Waals surface area contributed by atoms with Crippen LogP contribution in [0.1, 0.15) is 25.0 Å². The Kier molecular flexibility index (Phi) is 5.80. The third kappa shape index (κ3) is 4.69. The van der Waals surface area contributed by atoms with Gasteiger partial charge in [0.25, 0.3) is 5.91 Å². The van der Waals surface area contributed by atoms with Gasteiger partial charge in [-0.05, 0) is 37.5 Å². The number of hydrogen-bond donors (Lipinski definition) is 1. The molecule has 0 saturated carbocycles. The van der Waals surface area contributed by atoms with Crippen LogP contribution in [0.3, 0.4) is 0 Å². The summed E-state index contributed by atoms with van der Waals surface area (Å²) in [6.07, 6.45) is 4.96. The summed E-state index contributed by atoms with van der Waals surface area (Å²) in [6, 6.07) is 10.7. The molecule has 1 aromatic heterocycles. The predicted octanol–water partition coefficient (Wildman–Crippen LogP) is 1.66. The molecule has 0 radical (unpaired) electrons. The van der Waals surface area contributed by atoms with Gasteiger partial charge in [0.2, 0.25) is 5.91 Å². The Labute approximate surface area is 156 Å². The Bertz CT molecular complexity index is 894. The number of carbonyl (C=O) groups is 3. The maximum absolute atomic E-state index is 12.2. The highest BCUT2D eigenvalue weighted by Gasteiger charge is 2.30. The fraction of sp³-hybridized carbons (Fsp3) is 0.300. The monoisotopic (exact) mass is 367 g/mol. The van der Waals surface area contributed by atoms with Crippen LogP contribution in [0.2, 0.25) is 0 Å². The van der Waals surface area contributed by atoms with Gasteiger partial charge < -0.3 is 15.4 Å². The molecule has 2 aromatic rings. The second-order valence-electron chi connectivity index (χ2n) is 6.37. The van der Waals surface area contributed by atoms with E-state index in [4.69, 9.17) is 10.5 Å². The molecule has 0 bridgehead atoms. The van der Waals surface area contributed by atoms with E-state index in [1.165, 1.54) is 17.1 Å². The summed E-state index contributed by atoms with van der Waals surface area (Å²) in [5.74, 6) is -1.59. The van der Waals surface area contributed by atoms with Gasteiger partial charge in [0, 0.05) is 18.0 Å². The number of fused-ring (bicyclic) bond motifs is 1. The molecule has 1 atom stereocenters. The summed E-state index contributed by atoms with van der Waals surface area (Å²) >= 11 is 0. The summed E-state index contributed by atoms with van der Waals surface area (Å²) in [7, 11) is 0. The molecule has 0 unspecified atom stereocenters. The molecule has 27 heavy (non-hydrogen) atoms. The number of benzene rings is 1. The Hall–Kier alpha value is -3.22. The molecule has 1 saturated heterocycles. The number of primary amides is 1. The fourth-order valence-corrected chi connectivity index (χ4v) is 3.12. The molecule has 2 heterocycles. The lowest BCUT2D eigenvalue weighted by Gasteiger charge is -2.33. The first-order chi connectivity index (χ1) is 13.0. The van der Waals surface area contributed by atoms with Crippen molar-refractivity contribution in [2.75, 3.05) is 13.2 Å². The summed E-state index contributed by atoms with van der Waals surface area (Å²) in [6.45, 7) is 0.0267. The van der Waals surface area contributed by atoms with Gasteiger partial charge in [0.1, 0.15) is 6.04 Å². The molecule has 1 aliphatic rings. The number of rotatable bonds is 5. The van der Waals surface area contributed by atoms with Gasteiger partial charge in [-0.1, -0.05) is 24.3 Å². The van der Waals surface area contributed by atoms with Crippen LogP contribution in [-0.4, -0.2) is 46.9 Å². The Balaban J connectivity index is 1.56. The van der Waals surface area contributed by atoms with Gasteiger partial charge in [0.05, 0.1) is 11.2 Å². The Morgan fingerprint density at radius 2 is 2.00 bits per heavy atom. The minimum Gasteiger partial charge on any atom is -0.452 e. The summed E-state index contributed by atoms with van der Waals surface area (Å²) < 4.78 is 5.00. The number of esters is 1. The predicted molar refractivity (Wildman–Crippen MR) is 100 cm³/mol. The van der Waals surface area contributed by atoms with Crippen LogP contribution in [0.4, 0.5) is 0 Å². The van der Waals surface area contributed by atoms with Crippen LogP contribution in [0.25, 0.3) is 17.0 Å².